The number of rotatable bonds is 2. The van der Waals surface area contributed by atoms with E-state index in [1.165, 1.54) is 51.4 Å². The molecule has 0 bridgehead atoms. The molecule has 0 aliphatic heterocycles. The highest BCUT2D eigenvalue weighted by atomic mass is 16.5. The van der Waals surface area contributed by atoms with E-state index in [9.17, 15) is 9.90 Å². The predicted molar refractivity (Wildman–Crippen MR) is 142 cm³/mol. The summed E-state index contributed by atoms with van der Waals surface area (Å²) in [4.78, 5) is 12.5. The van der Waals surface area contributed by atoms with Gasteiger partial charge >= 0.3 is 5.97 Å². The minimum Gasteiger partial charge on any atom is -0.462 e. The standard InChI is InChI=1S/C32H54O3/c1-20(33)35-26-19-25-27(2,3)15-10-16-30(25,7)24-12-11-23-29(6)17-13-21(28(4,5)34)22(29)14-18-31(23,8)32(24,26)9/h21-26,34H,10-19H2,1-9H3/t21-,22?,23?,24?,25?,26-,29-,30+,31+,32-/m0/s1. The van der Waals surface area contributed by atoms with Crippen molar-refractivity contribution in [1.82, 2.24) is 0 Å². The fourth-order valence-corrected chi connectivity index (χ4v) is 12.4. The number of ether oxygens (including phenoxy) is 1. The van der Waals surface area contributed by atoms with Gasteiger partial charge in [0.05, 0.1) is 5.60 Å². The lowest BCUT2D eigenvalue weighted by molar-refractivity contribution is -0.283. The molecule has 0 radical (unpaired) electrons. The van der Waals surface area contributed by atoms with E-state index in [1.807, 2.05) is 13.8 Å². The highest BCUT2D eigenvalue weighted by Gasteiger charge is 2.73. The lowest BCUT2D eigenvalue weighted by atomic mass is 9.31. The summed E-state index contributed by atoms with van der Waals surface area (Å²) >= 11 is 0. The summed E-state index contributed by atoms with van der Waals surface area (Å²) < 4.78 is 6.41. The number of hydrogen-bond donors (Lipinski definition) is 1. The maximum absolute atomic E-state index is 12.5. The van der Waals surface area contributed by atoms with Gasteiger partial charge in [-0.05, 0) is 123 Å². The molecule has 35 heavy (non-hydrogen) atoms. The first-order chi connectivity index (χ1) is 16.0. The molecule has 3 nitrogen and oxygen atoms in total. The molecule has 5 aliphatic rings. The minimum absolute atomic E-state index is 0.00105. The van der Waals surface area contributed by atoms with Crippen LogP contribution in [-0.2, 0) is 9.53 Å². The van der Waals surface area contributed by atoms with Crippen LogP contribution in [0.2, 0.25) is 0 Å². The topological polar surface area (TPSA) is 46.5 Å². The van der Waals surface area contributed by atoms with Gasteiger partial charge in [0.1, 0.15) is 6.10 Å². The molecule has 0 aromatic rings. The van der Waals surface area contributed by atoms with E-state index in [2.05, 4.69) is 41.5 Å². The van der Waals surface area contributed by atoms with E-state index in [4.69, 9.17) is 4.74 Å². The first-order valence-corrected chi connectivity index (χ1v) is 14.9. The van der Waals surface area contributed by atoms with Crippen LogP contribution >= 0.6 is 0 Å². The van der Waals surface area contributed by atoms with Crippen LogP contribution in [0.25, 0.3) is 0 Å². The summed E-state index contributed by atoms with van der Waals surface area (Å²) in [7, 11) is 0. The summed E-state index contributed by atoms with van der Waals surface area (Å²) in [5.41, 5.74) is 0.461. The molecule has 0 amide bonds. The third kappa shape index (κ3) is 3.34. The van der Waals surface area contributed by atoms with Crippen LogP contribution in [-0.4, -0.2) is 22.8 Å². The van der Waals surface area contributed by atoms with Gasteiger partial charge in [0.25, 0.3) is 0 Å². The highest BCUT2D eigenvalue weighted by molar-refractivity contribution is 5.66. The predicted octanol–water partition coefficient (Wildman–Crippen LogP) is 7.79. The maximum atomic E-state index is 12.5. The van der Waals surface area contributed by atoms with Gasteiger partial charge < -0.3 is 9.84 Å². The Kier molecular flexibility index (Phi) is 5.76. The number of fused-ring (bicyclic) bond motifs is 7. The molecular formula is C32H54O3. The van der Waals surface area contributed by atoms with Crippen LogP contribution in [0.3, 0.4) is 0 Å². The zero-order valence-electron chi connectivity index (χ0n) is 24.3. The molecule has 200 valence electrons. The van der Waals surface area contributed by atoms with Crippen LogP contribution in [0.4, 0.5) is 0 Å². The highest BCUT2D eigenvalue weighted by Crippen LogP contribution is 2.78. The van der Waals surface area contributed by atoms with Crippen molar-refractivity contribution in [2.24, 2.45) is 56.7 Å². The Balaban J connectivity index is 1.60. The normalized spacial score (nSPS) is 53.1. The van der Waals surface area contributed by atoms with E-state index in [-0.39, 0.29) is 28.3 Å². The van der Waals surface area contributed by atoms with Crippen molar-refractivity contribution in [3.05, 3.63) is 0 Å². The number of hydrogen-bond acceptors (Lipinski definition) is 3. The third-order valence-corrected chi connectivity index (χ3v) is 14.0. The van der Waals surface area contributed by atoms with Gasteiger partial charge in [0.15, 0.2) is 0 Å². The molecule has 0 saturated heterocycles. The van der Waals surface area contributed by atoms with Crippen LogP contribution in [0.5, 0.6) is 0 Å². The Morgan fingerprint density at radius 1 is 0.829 bits per heavy atom. The van der Waals surface area contributed by atoms with Crippen molar-refractivity contribution < 1.29 is 14.6 Å². The van der Waals surface area contributed by atoms with E-state index in [1.54, 1.807) is 6.92 Å². The van der Waals surface area contributed by atoms with Gasteiger partial charge in [-0.1, -0.05) is 48.0 Å². The largest absolute Gasteiger partial charge is 0.462 e. The molecular weight excluding hydrogens is 432 g/mol. The minimum atomic E-state index is -0.600. The van der Waals surface area contributed by atoms with Crippen molar-refractivity contribution in [2.75, 3.05) is 0 Å². The molecule has 3 heteroatoms. The molecule has 0 aromatic carbocycles. The van der Waals surface area contributed by atoms with E-state index >= 15 is 0 Å². The van der Waals surface area contributed by atoms with E-state index < -0.39 is 5.60 Å². The summed E-state index contributed by atoms with van der Waals surface area (Å²) in [6.45, 7) is 21.1. The first kappa shape index (κ1) is 26.1. The monoisotopic (exact) mass is 486 g/mol. The van der Waals surface area contributed by atoms with Crippen molar-refractivity contribution in [3.8, 4) is 0 Å². The second-order valence-electron chi connectivity index (χ2n) is 16.1. The van der Waals surface area contributed by atoms with Crippen molar-refractivity contribution in [1.29, 1.82) is 0 Å². The number of carbonyl (C=O) groups is 1. The second-order valence-corrected chi connectivity index (χ2v) is 16.1. The number of aliphatic hydroxyl groups is 1. The fourth-order valence-electron chi connectivity index (χ4n) is 12.4. The molecule has 5 rings (SSSR count). The Hall–Kier alpha value is -0.570. The van der Waals surface area contributed by atoms with Crippen LogP contribution < -0.4 is 0 Å². The Labute approximate surface area is 215 Å². The van der Waals surface area contributed by atoms with Gasteiger partial charge in [-0.25, -0.2) is 0 Å². The lowest BCUT2D eigenvalue weighted by Gasteiger charge is -2.74. The maximum Gasteiger partial charge on any atom is 0.302 e. The third-order valence-electron chi connectivity index (χ3n) is 14.0. The van der Waals surface area contributed by atoms with Crippen LogP contribution in [0.15, 0.2) is 0 Å². The second kappa shape index (κ2) is 7.73. The van der Waals surface area contributed by atoms with Gasteiger partial charge in [-0.15, -0.1) is 0 Å². The molecule has 5 aliphatic carbocycles. The quantitative estimate of drug-likeness (QED) is 0.405. The Bertz CT molecular complexity index is 871. The Morgan fingerprint density at radius 3 is 2.11 bits per heavy atom. The van der Waals surface area contributed by atoms with Crippen molar-refractivity contribution in [2.45, 2.75) is 138 Å². The molecule has 5 saturated carbocycles. The zero-order chi connectivity index (χ0) is 25.8. The zero-order valence-corrected chi connectivity index (χ0v) is 24.3. The van der Waals surface area contributed by atoms with Crippen molar-refractivity contribution in [3.63, 3.8) is 0 Å². The van der Waals surface area contributed by atoms with E-state index in [0.29, 0.717) is 40.4 Å². The van der Waals surface area contributed by atoms with Gasteiger partial charge in [0.2, 0.25) is 0 Å². The van der Waals surface area contributed by atoms with Gasteiger partial charge in [-0.3, -0.25) is 4.79 Å². The fraction of sp³-hybridized carbons (Fsp3) is 0.969. The van der Waals surface area contributed by atoms with E-state index in [0.717, 1.165) is 12.8 Å². The van der Waals surface area contributed by atoms with Crippen LogP contribution in [0.1, 0.15) is 127 Å². The molecule has 1 N–H and O–H groups in total. The average molecular weight is 487 g/mol. The van der Waals surface area contributed by atoms with Crippen molar-refractivity contribution >= 4 is 5.97 Å². The molecule has 5 fully saturated rings. The van der Waals surface area contributed by atoms with Gasteiger partial charge in [-0.2, -0.15) is 0 Å². The van der Waals surface area contributed by atoms with Gasteiger partial charge in [0, 0.05) is 12.3 Å². The summed E-state index contributed by atoms with van der Waals surface area (Å²) in [6, 6.07) is 0. The SMILES string of the molecule is CC(=O)O[C@H]1CC2C(C)(C)CCC[C@]2(C)C2CCC3[C@@]4(C)CC[C@H](C(C)(C)O)C4CC[C@@]3(C)[C@@]21C. The molecule has 0 aromatic heterocycles. The summed E-state index contributed by atoms with van der Waals surface area (Å²) in [6.07, 6.45) is 12.4. The Morgan fingerprint density at radius 2 is 1.49 bits per heavy atom. The molecule has 0 spiro atoms. The molecule has 10 atom stereocenters. The molecule has 0 heterocycles. The average Bonchev–Trinajstić information content (AvgIpc) is 3.07. The van der Waals surface area contributed by atoms with Crippen LogP contribution in [0, 0.1) is 56.7 Å². The summed E-state index contributed by atoms with van der Waals surface area (Å²) in [5.74, 6) is 2.76. The first-order valence-electron chi connectivity index (χ1n) is 14.9. The number of carbonyl (C=O) groups excluding carboxylic acids is 1. The smallest absolute Gasteiger partial charge is 0.302 e. The summed E-state index contributed by atoms with van der Waals surface area (Å²) in [5, 5.41) is 11.1. The lowest BCUT2D eigenvalue weighted by Crippen LogP contribution is -2.70. The number of esters is 1. The molecule has 4 unspecified atom stereocenters.